The molecule has 0 heterocycles. The lowest BCUT2D eigenvalue weighted by atomic mass is 10.2. The number of benzene rings is 1. The summed E-state index contributed by atoms with van der Waals surface area (Å²) >= 11 is 0. The number of hydrogen-bond donors (Lipinski definition) is 2. The number of amides is 1. The number of carbonyl (C=O) groups excluding carboxylic acids is 1. The van der Waals surface area contributed by atoms with E-state index >= 15 is 0 Å². The Balaban J connectivity index is 2.09. The van der Waals surface area contributed by atoms with Crippen LogP contribution < -0.4 is 5.32 Å². The summed E-state index contributed by atoms with van der Waals surface area (Å²) in [6.45, 7) is 0. The minimum atomic E-state index is -1.00. The van der Waals surface area contributed by atoms with Crippen LogP contribution in [0, 0.1) is 29.0 Å². The number of rotatable bonds is 3. The second-order valence-corrected chi connectivity index (χ2v) is 4.08. The van der Waals surface area contributed by atoms with Crippen LogP contribution in [0.3, 0.4) is 0 Å². The van der Waals surface area contributed by atoms with E-state index in [-0.39, 0.29) is 11.3 Å². The van der Waals surface area contributed by atoms with Gasteiger partial charge in [-0.2, -0.15) is 5.26 Å². The molecule has 1 aromatic carbocycles. The summed E-state index contributed by atoms with van der Waals surface area (Å²) in [7, 11) is 0. The van der Waals surface area contributed by atoms with E-state index in [0.717, 1.165) is 12.1 Å². The van der Waals surface area contributed by atoms with Gasteiger partial charge < -0.3 is 10.4 Å². The number of hydrogen-bond acceptors (Lipinski definition) is 3. The third-order valence-electron chi connectivity index (χ3n) is 2.80. The number of nitrogens with zero attached hydrogens (tertiary/aromatic N) is 1. The molecule has 0 aliphatic heterocycles. The van der Waals surface area contributed by atoms with Crippen molar-refractivity contribution < 1.29 is 19.1 Å². The van der Waals surface area contributed by atoms with Gasteiger partial charge in [0.05, 0.1) is 23.1 Å². The minimum absolute atomic E-state index is 0.0101. The number of anilines is 1. The van der Waals surface area contributed by atoms with Crippen molar-refractivity contribution in [3.63, 3.8) is 0 Å². The highest BCUT2D eigenvalue weighted by Crippen LogP contribution is 2.39. The first kappa shape index (κ1) is 12.0. The van der Waals surface area contributed by atoms with Gasteiger partial charge in [0.25, 0.3) is 0 Å². The molecule has 92 valence electrons. The molecule has 5 nitrogen and oxygen atoms in total. The number of aliphatic carboxylic acids is 1. The van der Waals surface area contributed by atoms with Crippen molar-refractivity contribution in [2.24, 2.45) is 11.8 Å². The Morgan fingerprint density at radius 2 is 2.17 bits per heavy atom. The van der Waals surface area contributed by atoms with Crippen molar-refractivity contribution in [2.75, 3.05) is 5.32 Å². The van der Waals surface area contributed by atoms with Gasteiger partial charge in [-0.05, 0) is 24.6 Å². The third kappa shape index (κ3) is 2.30. The topological polar surface area (TPSA) is 90.2 Å². The summed E-state index contributed by atoms with van der Waals surface area (Å²) in [5.74, 6) is -3.25. The predicted octanol–water partition coefficient (Wildman–Crippen LogP) is 1.36. The van der Waals surface area contributed by atoms with Crippen LogP contribution in [-0.2, 0) is 9.59 Å². The first-order valence-corrected chi connectivity index (χ1v) is 5.26. The monoisotopic (exact) mass is 248 g/mol. The number of nitrogens with one attached hydrogen (secondary N) is 1. The molecule has 1 fully saturated rings. The maximum atomic E-state index is 12.9. The van der Waals surface area contributed by atoms with Crippen molar-refractivity contribution in [3.05, 3.63) is 29.6 Å². The average molecular weight is 248 g/mol. The Morgan fingerprint density at radius 3 is 2.72 bits per heavy atom. The average Bonchev–Trinajstić information content (AvgIpc) is 3.11. The highest BCUT2D eigenvalue weighted by Gasteiger charge is 2.48. The normalized spacial score (nSPS) is 20.9. The first-order valence-electron chi connectivity index (χ1n) is 5.26. The first-order chi connectivity index (χ1) is 8.52. The molecule has 0 bridgehead atoms. The van der Waals surface area contributed by atoms with Crippen LogP contribution >= 0.6 is 0 Å². The van der Waals surface area contributed by atoms with Gasteiger partial charge in [0, 0.05) is 0 Å². The van der Waals surface area contributed by atoms with Gasteiger partial charge in [0.15, 0.2) is 0 Å². The lowest BCUT2D eigenvalue weighted by molar-refractivity contribution is -0.139. The zero-order chi connectivity index (χ0) is 13.3. The van der Waals surface area contributed by atoms with Gasteiger partial charge >= 0.3 is 5.97 Å². The van der Waals surface area contributed by atoms with Crippen molar-refractivity contribution >= 4 is 17.6 Å². The molecule has 0 radical (unpaired) electrons. The minimum Gasteiger partial charge on any atom is -0.481 e. The Labute approximate surface area is 102 Å². The fraction of sp³-hybridized carbons (Fsp3) is 0.250. The number of nitriles is 1. The van der Waals surface area contributed by atoms with Crippen LogP contribution in [0.15, 0.2) is 18.2 Å². The Hall–Kier alpha value is -2.42. The third-order valence-corrected chi connectivity index (χ3v) is 2.80. The van der Waals surface area contributed by atoms with Crippen molar-refractivity contribution in [1.29, 1.82) is 5.26 Å². The summed E-state index contributed by atoms with van der Waals surface area (Å²) in [6, 6.07) is 5.18. The van der Waals surface area contributed by atoms with E-state index in [9.17, 15) is 14.0 Å². The van der Waals surface area contributed by atoms with Crippen molar-refractivity contribution in [1.82, 2.24) is 0 Å². The van der Waals surface area contributed by atoms with E-state index in [0.29, 0.717) is 6.42 Å². The van der Waals surface area contributed by atoms with E-state index in [4.69, 9.17) is 10.4 Å². The van der Waals surface area contributed by atoms with E-state index in [1.165, 1.54) is 6.07 Å². The van der Waals surface area contributed by atoms with Gasteiger partial charge in [-0.3, -0.25) is 9.59 Å². The van der Waals surface area contributed by atoms with Crippen LogP contribution in [0.2, 0.25) is 0 Å². The van der Waals surface area contributed by atoms with Gasteiger partial charge in [-0.25, -0.2) is 4.39 Å². The predicted molar refractivity (Wildman–Crippen MR) is 59.0 cm³/mol. The molecule has 0 aromatic heterocycles. The molecule has 2 N–H and O–H groups in total. The molecular formula is C12H9FN2O3. The van der Waals surface area contributed by atoms with E-state index in [1.807, 2.05) is 0 Å². The Morgan fingerprint density at radius 1 is 1.44 bits per heavy atom. The quantitative estimate of drug-likeness (QED) is 0.844. The van der Waals surface area contributed by atoms with E-state index in [1.54, 1.807) is 6.07 Å². The van der Waals surface area contributed by atoms with Crippen LogP contribution in [0.4, 0.5) is 10.1 Å². The molecule has 1 aromatic rings. The van der Waals surface area contributed by atoms with Crippen molar-refractivity contribution in [3.8, 4) is 6.07 Å². The molecular weight excluding hydrogens is 239 g/mol. The molecule has 0 unspecified atom stereocenters. The molecule has 0 spiro atoms. The molecule has 0 saturated heterocycles. The van der Waals surface area contributed by atoms with Gasteiger partial charge in [-0.1, -0.05) is 0 Å². The zero-order valence-corrected chi connectivity index (χ0v) is 9.18. The smallest absolute Gasteiger partial charge is 0.307 e. The summed E-state index contributed by atoms with van der Waals surface area (Å²) in [4.78, 5) is 22.3. The summed E-state index contributed by atoms with van der Waals surface area (Å²) in [5, 5.41) is 19.9. The lowest BCUT2D eigenvalue weighted by Gasteiger charge is -2.06. The standard InChI is InChI=1S/C12H9FN2O3/c13-7-1-2-10(6(3-7)5-14)15-11(16)8-4-9(8)12(17)18/h1-3,8-9H,4H2,(H,15,16)(H,17,18)/t8-,9+/m1/s1. The van der Waals surface area contributed by atoms with E-state index in [2.05, 4.69) is 5.32 Å². The summed E-state index contributed by atoms with van der Waals surface area (Å²) in [6.07, 6.45) is 0.296. The van der Waals surface area contributed by atoms with Crippen molar-refractivity contribution in [2.45, 2.75) is 6.42 Å². The number of carboxylic acid groups (broad SMARTS) is 1. The Bertz CT molecular complexity index is 565. The zero-order valence-electron chi connectivity index (χ0n) is 9.18. The van der Waals surface area contributed by atoms with Gasteiger partial charge in [-0.15, -0.1) is 0 Å². The second kappa shape index (κ2) is 4.45. The highest BCUT2D eigenvalue weighted by atomic mass is 19.1. The molecule has 18 heavy (non-hydrogen) atoms. The SMILES string of the molecule is N#Cc1cc(F)ccc1NC(=O)[C@@H]1C[C@@H]1C(=O)O. The molecule has 6 heteroatoms. The molecule has 1 aliphatic carbocycles. The van der Waals surface area contributed by atoms with E-state index < -0.39 is 29.5 Å². The van der Waals surface area contributed by atoms with Gasteiger partial charge in [0.1, 0.15) is 11.9 Å². The molecule has 1 saturated carbocycles. The molecule has 2 rings (SSSR count). The van der Waals surface area contributed by atoms with Crippen LogP contribution in [0.25, 0.3) is 0 Å². The largest absolute Gasteiger partial charge is 0.481 e. The van der Waals surface area contributed by atoms with Crippen LogP contribution in [0.5, 0.6) is 0 Å². The summed E-state index contributed by atoms with van der Waals surface area (Å²) < 4.78 is 12.9. The molecule has 1 amide bonds. The van der Waals surface area contributed by atoms with Crippen LogP contribution in [-0.4, -0.2) is 17.0 Å². The maximum Gasteiger partial charge on any atom is 0.307 e. The Kier molecular flexibility index (Phi) is 2.98. The fourth-order valence-corrected chi connectivity index (χ4v) is 1.70. The number of carbonyl (C=O) groups is 2. The summed E-state index contributed by atoms with van der Waals surface area (Å²) in [5.41, 5.74) is 0.204. The fourth-order valence-electron chi connectivity index (χ4n) is 1.70. The second-order valence-electron chi connectivity index (χ2n) is 4.08. The lowest BCUT2D eigenvalue weighted by Crippen LogP contribution is -2.17. The molecule has 2 atom stereocenters. The maximum absolute atomic E-state index is 12.9. The molecule has 1 aliphatic rings. The van der Waals surface area contributed by atoms with Gasteiger partial charge in [0.2, 0.25) is 5.91 Å². The number of halogens is 1. The van der Waals surface area contributed by atoms with Crippen LogP contribution in [0.1, 0.15) is 12.0 Å². The number of carboxylic acids is 1. The highest BCUT2D eigenvalue weighted by molar-refractivity contribution is 5.99.